The van der Waals surface area contributed by atoms with Gasteiger partial charge in [-0.05, 0) is 30.7 Å². The van der Waals surface area contributed by atoms with Crippen LogP contribution in [0.1, 0.15) is 12.8 Å². The van der Waals surface area contributed by atoms with Gasteiger partial charge in [0.15, 0.2) is 0 Å². The number of carbonyl (C=O) groups is 2. The Kier molecular flexibility index (Phi) is 3.31. The van der Waals surface area contributed by atoms with Gasteiger partial charge in [0.1, 0.15) is 6.04 Å². The fourth-order valence-electron chi connectivity index (χ4n) is 4.00. The van der Waals surface area contributed by atoms with E-state index in [0.29, 0.717) is 5.69 Å². The van der Waals surface area contributed by atoms with Crippen LogP contribution in [0.25, 0.3) is 11.0 Å². The molecule has 1 fully saturated rings. The van der Waals surface area contributed by atoms with Crippen molar-refractivity contribution in [1.82, 2.24) is 9.55 Å². The quantitative estimate of drug-likeness (QED) is 0.669. The van der Waals surface area contributed by atoms with Gasteiger partial charge in [-0.2, -0.15) is 0 Å². The predicted octanol–water partition coefficient (Wildman–Crippen LogP) is 2.58. The summed E-state index contributed by atoms with van der Waals surface area (Å²) in [6.07, 6.45) is 1.12. The van der Waals surface area contributed by atoms with E-state index >= 15 is 0 Å². The van der Waals surface area contributed by atoms with Crippen LogP contribution >= 0.6 is 0 Å². The van der Waals surface area contributed by atoms with Crippen molar-refractivity contribution in [3.05, 3.63) is 54.6 Å². The number of carbonyl (C=O) groups excluding carboxylic acids is 2. The second-order valence-corrected chi connectivity index (χ2v) is 6.72. The first-order chi connectivity index (χ1) is 12.7. The van der Waals surface area contributed by atoms with E-state index in [4.69, 9.17) is 4.98 Å². The highest BCUT2D eigenvalue weighted by Crippen LogP contribution is 2.32. The molecule has 3 aromatic rings. The summed E-state index contributed by atoms with van der Waals surface area (Å²) in [7, 11) is 0. The molecule has 0 aliphatic carbocycles. The summed E-state index contributed by atoms with van der Waals surface area (Å²) in [6.45, 7) is 1.61. The number of imide groups is 1. The standard InChI is InChI=1S/C20H18N4O2/c25-18-13-17(19(26)24(18)14-7-2-1-3-8-14)23-12-6-11-22-16-10-5-4-9-15(16)21-20(22)23/h1-5,7-10,17H,6,11-13H2. The second-order valence-electron chi connectivity index (χ2n) is 6.72. The summed E-state index contributed by atoms with van der Waals surface area (Å²) in [5, 5.41) is 0. The monoisotopic (exact) mass is 346 g/mol. The SMILES string of the molecule is O=C1CC(N2CCCn3c2nc2ccccc23)C(=O)N1c1ccccc1. The number of anilines is 2. The van der Waals surface area contributed by atoms with Crippen LogP contribution in [0.5, 0.6) is 0 Å². The molecule has 130 valence electrons. The average molecular weight is 346 g/mol. The molecule has 6 nitrogen and oxygen atoms in total. The van der Waals surface area contributed by atoms with Gasteiger partial charge in [-0.1, -0.05) is 30.3 Å². The summed E-state index contributed by atoms with van der Waals surface area (Å²) in [5.74, 6) is 0.472. The molecule has 0 spiro atoms. The van der Waals surface area contributed by atoms with Crippen molar-refractivity contribution in [2.45, 2.75) is 25.4 Å². The van der Waals surface area contributed by atoms with Crippen LogP contribution in [0.3, 0.4) is 0 Å². The van der Waals surface area contributed by atoms with Crippen LogP contribution in [-0.4, -0.2) is 34.0 Å². The Morgan fingerprint density at radius 1 is 0.923 bits per heavy atom. The third-order valence-corrected chi connectivity index (χ3v) is 5.19. The lowest BCUT2D eigenvalue weighted by Gasteiger charge is -2.32. The number of amides is 2. The fraction of sp³-hybridized carbons (Fsp3) is 0.250. The number of fused-ring (bicyclic) bond motifs is 3. The topological polar surface area (TPSA) is 58.4 Å². The first-order valence-electron chi connectivity index (χ1n) is 8.88. The molecule has 1 aromatic heterocycles. The molecule has 0 saturated carbocycles. The number of hydrogen-bond donors (Lipinski definition) is 0. The minimum absolute atomic E-state index is 0.153. The molecule has 0 radical (unpaired) electrons. The van der Waals surface area contributed by atoms with Crippen molar-refractivity contribution < 1.29 is 9.59 Å². The molecule has 6 heteroatoms. The van der Waals surface area contributed by atoms with Crippen LogP contribution in [0.2, 0.25) is 0 Å². The molecule has 0 bridgehead atoms. The number of aromatic nitrogens is 2. The molecule has 26 heavy (non-hydrogen) atoms. The van der Waals surface area contributed by atoms with Gasteiger partial charge in [-0.25, -0.2) is 9.88 Å². The maximum atomic E-state index is 13.1. The molecule has 1 unspecified atom stereocenters. The van der Waals surface area contributed by atoms with E-state index in [9.17, 15) is 9.59 Å². The zero-order valence-corrected chi connectivity index (χ0v) is 14.2. The number of imidazole rings is 1. The molecular weight excluding hydrogens is 328 g/mol. The number of para-hydroxylation sites is 3. The third kappa shape index (κ3) is 2.15. The minimum Gasteiger partial charge on any atom is -0.330 e. The van der Waals surface area contributed by atoms with Crippen molar-refractivity contribution in [3.8, 4) is 0 Å². The van der Waals surface area contributed by atoms with E-state index in [2.05, 4.69) is 4.57 Å². The highest BCUT2D eigenvalue weighted by molar-refractivity contribution is 6.23. The van der Waals surface area contributed by atoms with Gasteiger partial charge in [0.25, 0.3) is 5.91 Å². The van der Waals surface area contributed by atoms with Gasteiger partial charge in [0.2, 0.25) is 11.9 Å². The van der Waals surface area contributed by atoms with Crippen LogP contribution < -0.4 is 9.80 Å². The minimum atomic E-state index is -0.487. The molecule has 3 heterocycles. The Balaban J connectivity index is 1.54. The van der Waals surface area contributed by atoms with E-state index in [1.807, 2.05) is 47.4 Å². The molecule has 2 aliphatic heterocycles. The largest absolute Gasteiger partial charge is 0.330 e. The first-order valence-corrected chi connectivity index (χ1v) is 8.88. The second kappa shape index (κ2) is 5.69. The number of benzene rings is 2. The van der Waals surface area contributed by atoms with Crippen LogP contribution in [0, 0.1) is 0 Å². The predicted molar refractivity (Wildman–Crippen MR) is 99.0 cm³/mol. The molecule has 2 amide bonds. The molecule has 1 atom stereocenters. The smallest absolute Gasteiger partial charge is 0.257 e. The fourth-order valence-corrected chi connectivity index (χ4v) is 4.00. The van der Waals surface area contributed by atoms with E-state index in [-0.39, 0.29) is 18.2 Å². The molecule has 0 N–H and O–H groups in total. The van der Waals surface area contributed by atoms with Gasteiger partial charge in [-0.15, -0.1) is 0 Å². The maximum Gasteiger partial charge on any atom is 0.257 e. The average Bonchev–Trinajstić information content (AvgIpc) is 3.19. The van der Waals surface area contributed by atoms with E-state index < -0.39 is 6.04 Å². The van der Waals surface area contributed by atoms with E-state index in [0.717, 1.165) is 36.5 Å². The van der Waals surface area contributed by atoms with Gasteiger partial charge >= 0.3 is 0 Å². The number of nitrogens with zero attached hydrogens (tertiary/aromatic N) is 4. The van der Waals surface area contributed by atoms with Gasteiger partial charge in [0, 0.05) is 13.1 Å². The molecule has 1 saturated heterocycles. The highest BCUT2D eigenvalue weighted by Gasteiger charge is 2.44. The van der Waals surface area contributed by atoms with Crippen molar-refractivity contribution in [2.24, 2.45) is 0 Å². The summed E-state index contributed by atoms with van der Waals surface area (Å²) in [4.78, 5) is 33.7. The maximum absolute atomic E-state index is 13.1. The lowest BCUT2D eigenvalue weighted by atomic mass is 10.2. The van der Waals surface area contributed by atoms with Gasteiger partial charge in [0.05, 0.1) is 23.1 Å². The number of aryl methyl sites for hydroxylation is 1. The Morgan fingerprint density at radius 3 is 2.54 bits per heavy atom. The van der Waals surface area contributed by atoms with E-state index in [1.165, 1.54) is 4.90 Å². The van der Waals surface area contributed by atoms with Crippen LogP contribution in [0.4, 0.5) is 11.6 Å². The molecule has 2 aliphatic rings. The van der Waals surface area contributed by atoms with Crippen molar-refractivity contribution in [3.63, 3.8) is 0 Å². The number of hydrogen-bond acceptors (Lipinski definition) is 4. The van der Waals surface area contributed by atoms with Crippen molar-refractivity contribution >= 4 is 34.5 Å². The van der Waals surface area contributed by atoms with Gasteiger partial charge < -0.3 is 9.47 Å². The third-order valence-electron chi connectivity index (χ3n) is 5.19. The van der Waals surface area contributed by atoms with Crippen LogP contribution in [-0.2, 0) is 16.1 Å². The molecule has 2 aromatic carbocycles. The zero-order chi connectivity index (χ0) is 17.7. The Labute approximate surface area is 150 Å². The normalized spacial score (nSPS) is 20.1. The van der Waals surface area contributed by atoms with E-state index in [1.54, 1.807) is 12.1 Å². The Hall–Kier alpha value is -3.15. The summed E-state index contributed by atoms with van der Waals surface area (Å²) < 4.78 is 2.15. The van der Waals surface area contributed by atoms with Crippen LogP contribution in [0.15, 0.2) is 54.6 Å². The van der Waals surface area contributed by atoms with Crippen molar-refractivity contribution in [1.29, 1.82) is 0 Å². The lowest BCUT2D eigenvalue weighted by Crippen LogP contribution is -2.46. The zero-order valence-electron chi connectivity index (χ0n) is 14.2. The molecule has 5 rings (SSSR count). The highest BCUT2D eigenvalue weighted by atomic mass is 16.2. The van der Waals surface area contributed by atoms with Crippen molar-refractivity contribution in [2.75, 3.05) is 16.3 Å². The summed E-state index contributed by atoms with van der Waals surface area (Å²) in [6, 6.07) is 16.6. The summed E-state index contributed by atoms with van der Waals surface area (Å²) >= 11 is 0. The summed E-state index contributed by atoms with van der Waals surface area (Å²) in [5.41, 5.74) is 2.63. The Morgan fingerprint density at radius 2 is 1.69 bits per heavy atom. The first kappa shape index (κ1) is 15.1. The molecular formula is C20H18N4O2. The lowest BCUT2D eigenvalue weighted by molar-refractivity contribution is -0.121. The number of rotatable bonds is 2. The van der Waals surface area contributed by atoms with Gasteiger partial charge in [-0.3, -0.25) is 9.59 Å². The Bertz CT molecular complexity index is 1010.